The summed E-state index contributed by atoms with van der Waals surface area (Å²) in [5, 5.41) is 6.82. The van der Waals surface area contributed by atoms with Gasteiger partial charge in [-0.25, -0.2) is 0 Å². The first-order valence-electron chi connectivity index (χ1n) is 6.99. The molecule has 0 bridgehead atoms. The van der Waals surface area contributed by atoms with Gasteiger partial charge in [0.25, 0.3) is 0 Å². The van der Waals surface area contributed by atoms with E-state index in [9.17, 15) is 0 Å². The third kappa shape index (κ3) is 2.64. The molecule has 0 aliphatic carbocycles. The van der Waals surface area contributed by atoms with Crippen LogP contribution in [0.15, 0.2) is 66.0 Å². The summed E-state index contributed by atoms with van der Waals surface area (Å²) in [5.41, 5.74) is 2.82. The fourth-order valence-corrected chi connectivity index (χ4v) is 5.12. The summed E-state index contributed by atoms with van der Waals surface area (Å²) in [7, 11) is -0.335. The normalized spacial score (nSPS) is 18.1. The maximum absolute atomic E-state index is 3.71. The van der Waals surface area contributed by atoms with Crippen LogP contribution in [0.3, 0.4) is 0 Å². The lowest BCUT2D eigenvalue weighted by molar-refractivity contribution is 0.539. The van der Waals surface area contributed by atoms with Crippen molar-refractivity contribution in [1.82, 2.24) is 0 Å². The van der Waals surface area contributed by atoms with Gasteiger partial charge < -0.3 is 5.09 Å². The van der Waals surface area contributed by atoms with E-state index in [2.05, 4.69) is 86.5 Å². The third-order valence-corrected chi connectivity index (χ3v) is 5.92. The van der Waals surface area contributed by atoms with Gasteiger partial charge in [-0.15, -0.1) is 0 Å². The molecule has 0 fully saturated rings. The maximum Gasteiger partial charge on any atom is 0.0503 e. The number of para-hydroxylation sites is 1. The Hall–Kier alpha value is -1.59. The Morgan fingerprint density at radius 1 is 0.800 bits per heavy atom. The molecule has 0 unspecified atom stereocenters. The molecule has 0 amide bonds. The first-order valence-corrected chi connectivity index (χ1v) is 8.33. The molecule has 20 heavy (non-hydrogen) atoms. The molecule has 1 aliphatic heterocycles. The van der Waals surface area contributed by atoms with Crippen molar-refractivity contribution in [2.75, 3.05) is 5.09 Å². The van der Waals surface area contributed by atoms with Gasteiger partial charge in [-0.1, -0.05) is 69.3 Å². The quantitative estimate of drug-likeness (QED) is 0.688. The molecule has 0 spiro atoms. The van der Waals surface area contributed by atoms with E-state index >= 15 is 0 Å². The highest BCUT2D eigenvalue weighted by Crippen LogP contribution is 2.77. The van der Waals surface area contributed by atoms with E-state index in [0.717, 1.165) is 0 Å². The highest BCUT2D eigenvalue weighted by molar-refractivity contribution is 7.82. The van der Waals surface area contributed by atoms with Crippen LogP contribution in [0, 0.1) is 5.41 Å². The fourth-order valence-electron chi connectivity index (χ4n) is 2.47. The summed E-state index contributed by atoms with van der Waals surface area (Å²) in [6.45, 7) is 6.92. The Balaban J connectivity index is 1.87. The molecule has 0 saturated carbocycles. The minimum Gasteiger partial charge on any atom is -0.357 e. The minimum atomic E-state index is -0.335. The van der Waals surface area contributed by atoms with Gasteiger partial charge in [-0.05, 0) is 28.4 Å². The van der Waals surface area contributed by atoms with Crippen molar-refractivity contribution in [3.8, 4) is 0 Å². The Bertz CT molecular complexity index is 623. The van der Waals surface area contributed by atoms with Gasteiger partial charge in [0.2, 0.25) is 0 Å². The van der Waals surface area contributed by atoms with Gasteiger partial charge in [0.15, 0.2) is 0 Å². The zero-order valence-corrected chi connectivity index (χ0v) is 13.1. The van der Waals surface area contributed by atoms with Crippen LogP contribution >= 0.6 is 8.07 Å². The average molecular weight is 281 g/mol. The first-order chi connectivity index (χ1) is 9.57. The van der Waals surface area contributed by atoms with E-state index in [1.165, 1.54) is 16.6 Å². The Labute approximate surface area is 122 Å². The molecule has 0 radical (unpaired) electrons. The second-order valence-electron chi connectivity index (χ2n) is 6.13. The van der Waals surface area contributed by atoms with Crippen LogP contribution in [-0.4, -0.2) is 0 Å². The SMILES string of the molecule is CC(C)(C)C1=C(c2ccccc2)[P@]1Nc1ccccc1. The van der Waals surface area contributed by atoms with E-state index in [0.29, 0.717) is 0 Å². The Morgan fingerprint density at radius 3 is 1.90 bits per heavy atom. The van der Waals surface area contributed by atoms with Crippen molar-refractivity contribution in [3.05, 3.63) is 71.5 Å². The van der Waals surface area contributed by atoms with Crippen LogP contribution in [0.1, 0.15) is 26.3 Å². The van der Waals surface area contributed by atoms with E-state index in [4.69, 9.17) is 0 Å². The highest BCUT2D eigenvalue weighted by atomic mass is 31.1. The van der Waals surface area contributed by atoms with E-state index in [-0.39, 0.29) is 13.5 Å². The molecule has 2 aromatic rings. The largest absolute Gasteiger partial charge is 0.357 e. The number of anilines is 1. The van der Waals surface area contributed by atoms with Gasteiger partial charge in [-0.3, -0.25) is 0 Å². The Kier molecular flexibility index (Phi) is 3.40. The zero-order valence-electron chi connectivity index (χ0n) is 12.2. The number of hydrogen-bond donors (Lipinski definition) is 1. The van der Waals surface area contributed by atoms with Crippen LogP contribution in [-0.2, 0) is 0 Å². The van der Waals surface area contributed by atoms with Crippen molar-refractivity contribution >= 4 is 19.1 Å². The molecule has 1 aliphatic rings. The number of allylic oxidation sites excluding steroid dienone is 1. The first kappa shape index (κ1) is 13.4. The second kappa shape index (κ2) is 5.07. The van der Waals surface area contributed by atoms with Crippen LogP contribution in [0.2, 0.25) is 0 Å². The van der Waals surface area contributed by atoms with Crippen molar-refractivity contribution in [1.29, 1.82) is 0 Å². The van der Waals surface area contributed by atoms with Crippen LogP contribution < -0.4 is 5.09 Å². The molecule has 2 heteroatoms. The topological polar surface area (TPSA) is 12.0 Å². The fraction of sp³-hybridized carbons (Fsp3) is 0.222. The highest BCUT2D eigenvalue weighted by Gasteiger charge is 2.44. The summed E-state index contributed by atoms with van der Waals surface area (Å²) in [4.78, 5) is 0. The zero-order chi connectivity index (χ0) is 14.2. The standard InChI is InChI=1S/C18H20NP/c1-18(2,3)17-16(14-10-6-4-7-11-14)20(17)19-15-12-8-5-9-13-15/h4-13,19H,1-3H3/t20-/m0/s1. The molecule has 102 valence electrons. The lowest BCUT2D eigenvalue weighted by Crippen LogP contribution is -2.02. The Morgan fingerprint density at radius 2 is 1.35 bits per heavy atom. The molecular formula is C18H20NP. The molecular weight excluding hydrogens is 261 g/mol. The van der Waals surface area contributed by atoms with Gasteiger partial charge in [0.1, 0.15) is 0 Å². The van der Waals surface area contributed by atoms with Gasteiger partial charge in [0, 0.05) is 11.0 Å². The summed E-state index contributed by atoms with van der Waals surface area (Å²) in [6, 6.07) is 21.3. The molecule has 0 saturated heterocycles. The molecule has 1 N–H and O–H groups in total. The minimum absolute atomic E-state index is 0.235. The summed E-state index contributed by atoms with van der Waals surface area (Å²) in [6.07, 6.45) is 0. The predicted octanol–water partition coefficient (Wildman–Crippen LogP) is 5.92. The third-order valence-electron chi connectivity index (χ3n) is 3.39. The van der Waals surface area contributed by atoms with Crippen LogP contribution in [0.5, 0.6) is 0 Å². The van der Waals surface area contributed by atoms with Gasteiger partial charge >= 0.3 is 0 Å². The van der Waals surface area contributed by atoms with Crippen molar-refractivity contribution in [2.45, 2.75) is 20.8 Å². The van der Waals surface area contributed by atoms with Gasteiger partial charge in [0.05, 0.1) is 8.07 Å². The molecule has 1 heterocycles. The van der Waals surface area contributed by atoms with E-state index in [1.54, 1.807) is 5.31 Å². The van der Waals surface area contributed by atoms with E-state index in [1.807, 2.05) is 0 Å². The molecule has 0 aromatic heterocycles. The monoisotopic (exact) mass is 281 g/mol. The number of rotatable bonds is 3. The van der Waals surface area contributed by atoms with Crippen LogP contribution in [0.4, 0.5) is 5.69 Å². The molecule has 1 atom stereocenters. The summed E-state index contributed by atoms with van der Waals surface area (Å²) >= 11 is 0. The van der Waals surface area contributed by atoms with Crippen LogP contribution in [0.25, 0.3) is 5.31 Å². The number of benzene rings is 2. The predicted molar refractivity (Wildman–Crippen MR) is 89.8 cm³/mol. The lowest BCUT2D eigenvalue weighted by Gasteiger charge is -2.16. The van der Waals surface area contributed by atoms with E-state index < -0.39 is 0 Å². The van der Waals surface area contributed by atoms with Crippen molar-refractivity contribution in [2.24, 2.45) is 5.41 Å². The molecule has 2 aromatic carbocycles. The number of nitrogens with one attached hydrogen (secondary N) is 1. The van der Waals surface area contributed by atoms with Gasteiger partial charge in [-0.2, -0.15) is 0 Å². The smallest absolute Gasteiger partial charge is 0.0503 e. The molecule has 1 nitrogen and oxygen atoms in total. The van der Waals surface area contributed by atoms with Crippen molar-refractivity contribution in [3.63, 3.8) is 0 Å². The summed E-state index contributed by atoms with van der Waals surface area (Å²) < 4.78 is 0. The van der Waals surface area contributed by atoms with Crippen molar-refractivity contribution < 1.29 is 0 Å². The lowest BCUT2D eigenvalue weighted by atomic mass is 9.95. The number of hydrogen-bond acceptors (Lipinski definition) is 1. The maximum atomic E-state index is 3.71. The average Bonchev–Trinajstić information content (AvgIpc) is 3.15. The summed E-state index contributed by atoms with van der Waals surface area (Å²) in [5.74, 6) is 0. The second-order valence-corrected chi connectivity index (χ2v) is 7.92. The molecule has 3 rings (SSSR count).